The first-order valence-electron chi connectivity index (χ1n) is 13.9. The Hall–Kier alpha value is -5.00. The van der Waals surface area contributed by atoms with Crippen LogP contribution in [-0.2, 0) is 21.9 Å². The molecule has 5 aromatic rings. The average molecular weight is 640 g/mol. The van der Waals surface area contributed by atoms with Crippen molar-refractivity contribution in [3.63, 3.8) is 0 Å². The van der Waals surface area contributed by atoms with Crippen LogP contribution in [0.4, 0.5) is 9.52 Å². The van der Waals surface area contributed by atoms with Gasteiger partial charge in [-0.3, -0.25) is 14.5 Å². The zero-order chi connectivity index (χ0) is 31.5. The van der Waals surface area contributed by atoms with E-state index in [9.17, 15) is 24.2 Å². The summed E-state index contributed by atoms with van der Waals surface area (Å²) in [6.45, 7) is 2.38. The third-order valence-corrected chi connectivity index (χ3v) is 9.42. The van der Waals surface area contributed by atoms with Crippen LogP contribution in [0, 0.1) is 12.7 Å². The molecule has 4 aromatic carbocycles. The number of rotatable bonds is 9. The molecule has 0 spiro atoms. The largest absolute Gasteiger partial charge is 0.508 e. The summed E-state index contributed by atoms with van der Waals surface area (Å²) < 4.78 is 19.7. The fraction of sp³-hybridized carbons (Fsp3) is 0.118. The Morgan fingerprint density at radius 3 is 2.47 bits per heavy atom. The molecular weight excluding hydrogens is 614 g/mol. The highest BCUT2D eigenvalue weighted by atomic mass is 32.2. The fourth-order valence-electron chi connectivity index (χ4n) is 4.92. The van der Waals surface area contributed by atoms with Crippen LogP contribution in [0.3, 0.4) is 0 Å². The molecule has 45 heavy (non-hydrogen) atoms. The van der Waals surface area contributed by atoms with E-state index < -0.39 is 17.7 Å². The van der Waals surface area contributed by atoms with Crippen LogP contribution in [0.25, 0.3) is 5.76 Å². The van der Waals surface area contributed by atoms with Gasteiger partial charge in [-0.05, 0) is 77.7 Å². The molecule has 1 aliphatic heterocycles. The van der Waals surface area contributed by atoms with Gasteiger partial charge in [-0.15, -0.1) is 10.2 Å². The number of amides is 1. The van der Waals surface area contributed by atoms with Crippen molar-refractivity contribution in [2.75, 3.05) is 4.90 Å². The smallest absolute Gasteiger partial charge is 0.301 e. The molecule has 1 aromatic heterocycles. The zero-order valence-electron chi connectivity index (χ0n) is 23.9. The van der Waals surface area contributed by atoms with Gasteiger partial charge >= 0.3 is 5.91 Å². The lowest BCUT2D eigenvalue weighted by molar-refractivity contribution is -0.132. The van der Waals surface area contributed by atoms with Crippen molar-refractivity contribution in [2.45, 2.75) is 29.7 Å². The number of ketones is 1. The molecule has 8 nitrogen and oxygen atoms in total. The van der Waals surface area contributed by atoms with E-state index in [0.717, 1.165) is 28.0 Å². The van der Waals surface area contributed by atoms with Crippen LogP contribution >= 0.6 is 23.1 Å². The molecule has 6 rings (SSSR count). The Bertz CT molecular complexity index is 1910. The third kappa shape index (κ3) is 6.45. The summed E-state index contributed by atoms with van der Waals surface area (Å²) in [4.78, 5) is 28.2. The quantitative estimate of drug-likeness (QED) is 0.0573. The van der Waals surface area contributed by atoms with E-state index in [4.69, 9.17) is 4.74 Å². The molecule has 1 aliphatic rings. The normalized spacial score (nSPS) is 15.9. The number of Topliss-reactive ketones (excluding diaryl/α,β-unsaturated/α-hetero) is 1. The number of carbonyl (C=O) groups excluding carboxylic acids is 2. The summed E-state index contributed by atoms with van der Waals surface area (Å²) >= 11 is 2.47. The maximum atomic E-state index is 13.5. The summed E-state index contributed by atoms with van der Waals surface area (Å²) in [5.74, 6) is -1.48. The molecule has 0 aliphatic carbocycles. The standard InChI is InChI=1S/C34H26FN3O5S2/c1-20-5-2-3-6-24(20)18-43-27-15-11-22(12-16-27)30(40)28-29(23-7-4-8-26(39)17-23)38(32(42)31(28)41)33-36-37-34(45-33)44-19-21-9-13-25(35)14-10-21/h2-17,29,39-40H,18-19H2,1H3/b30-28+. The number of aliphatic hydroxyl groups is 1. The highest BCUT2D eigenvalue weighted by Crippen LogP contribution is 2.44. The lowest BCUT2D eigenvalue weighted by Gasteiger charge is -2.22. The third-order valence-electron chi connectivity index (χ3n) is 7.29. The Labute approximate surface area is 266 Å². The number of hydrogen-bond donors (Lipinski definition) is 2. The van der Waals surface area contributed by atoms with E-state index in [-0.39, 0.29) is 28.0 Å². The molecule has 11 heteroatoms. The highest BCUT2D eigenvalue weighted by Gasteiger charge is 2.48. The Morgan fingerprint density at radius 1 is 0.978 bits per heavy atom. The maximum absolute atomic E-state index is 13.5. The van der Waals surface area contributed by atoms with Crippen LogP contribution in [0.15, 0.2) is 107 Å². The first-order valence-corrected chi connectivity index (χ1v) is 15.7. The van der Waals surface area contributed by atoms with Crippen molar-refractivity contribution in [1.82, 2.24) is 10.2 Å². The number of hydrogen-bond acceptors (Lipinski definition) is 9. The number of aryl methyl sites for hydroxylation is 1. The van der Waals surface area contributed by atoms with Gasteiger partial charge in [0, 0.05) is 11.3 Å². The number of phenols is 1. The summed E-state index contributed by atoms with van der Waals surface area (Å²) in [5.41, 5.74) is 3.61. The molecule has 1 saturated heterocycles. The summed E-state index contributed by atoms with van der Waals surface area (Å²) in [5, 5.41) is 30.3. The lowest BCUT2D eigenvalue weighted by Crippen LogP contribution is -2.29. The molecule has 226 valence electrons. The number of phenolic OH excluding ortho intramolecular Hbond substituents is 1. The van der Waals surface area contributed by atoms with Crippen LogP contribution < -0.4 is 9.64 Å². The molecule has 0 radical (unpaired) electrons. The van der Waals surface area contributed by atoms with Crippen molar-refractivity contribution < 1.29 is 28.9 Å². The number of aromatic nitrogens is 2. The second-order valence-electron chi connectivity index (χ2n) is 10.3. The number of anilines is 1. The van der Waals surface area contributed by atoms with E-state index in [2.05, 4.69) is 10.2 Å². The molecule has 1 amide bonds. The predicted octanol–water partition coefficient (Wildman–Crippen LogP) is 7.19. The fourth-order valence-corrected chi connectivity index (χ4v) is 6.75. The summed E-state index contributed by atoms with van der Waals surface area (Å²) in [6.07, 6.45) is 0. The van der Waals surface area contributed by atoms with Gasteiger partial charge in [0.05, 0.1) is 11.6 Å². The minimum atomic E-state index is -1.07. The molecule has 2 N–H and O–H groups in total. The van der Waals surface area contributed by atoms with Gasteiger partial charge in [-0.25, -0.2) is 4.39 Å². The molecule has 1 fully saturated rings. The second-order valence-corrected chi connectivity index (χ2v) is 12.4. The van der Waals surface area contributed by atoms with Crippen molar-refractivity contribution >= 4 is 45.7 Å². The van der Waals surface area contributed by atoms with E-state index in [1.54, 1.807) is 48.5 Å². The van der Waals surface area contributed by atoms with Crippen molar-refractivity contribution in [2.24, 2.45) is 0 Å². The first-order chi connectivity index (χ1) is 21.8. The van der Waals surface area contributed by atoms with E-state index in [1.807, 2.05) is 31.2 Å². The topological polar surface area (TPSA) is 113 Å². The number of carbonyl (C=O) groups is 2. The summed E-state index contributed by atoms with van der Waals surface area (Å²) in [6, 6.07) is 25.7. The van der Waals surface area contributed by atoms with Gasteiger partial charge in [-0.1, -0.05) is 71.6 Å². The number of aliphatic hydroxyl groups excluding tert-OH is 1. The molecule has 0 bridgehead atoms. The first kappa shape index (κ1) is 30.0. The molecular formula is C34H26FN3O5S2. The van der Waals surface area contributed by atoms with Gasteiger partial charge in [-0.2, -0.15) is 0 Å². The summed E-state index contributed by atoms with van der Waals surface area (Å²) in [7, 11) is 0. The van der Waals surface area contributed by atoms with E-state index >= 15 is 0 Å². The van der Waals surface area contributed by atoms with E-state index in [0.29, 0.717) is 33.6 Å². The van der Waals surface area contributed by atoms with Gasteiger partial charge in [0.25, 0.3) is 5.78 Å². The van der Waals surface area contributed by atoms with Crippen LogP contribution in [0.1, 0.15) is 33.9 Å². The minimum Gasteiger partial charge on any atom is -0.508 e. The maximum Gasteiger partial charge on any atom is 0.301 e. The van der Waals surface area contributed by atoms with Crippen LogP contribution in [0.2, 0.25) is 0 Å². The number of aromatic hydroxyl groups is 1. The Kier molecular flexibility index (Phi) is 8.63. The lowest BCUT2D eigenvalue weighted by atomic mass is 9.95. The number of ether oxygens (including phenoxy) is 1. The molecule has 2 heterocycles. The number of benzene rings is 4. The highest BCUT2D eigenvalue weighted by molar-refractivity contribution is 8.00. The van der Waals surface area contributed by atoms with Crippen molar-refractivity contribution in [3.05, 3.63) is 136 Å². The molecule has 1 atom stereocenters. The van der Waals surface area contributed by atoms with Crippen molar-refractivity contribution in [1.29, 1.82) is 0 Å². The van der Waals surface area contributed by atoms with E-state index in [1.165, 1.54) is 40.9 Å². The van der Waals surface area contributed by atoms with Crippen LogP contribution in [0.5, 0.6) is 11.5 Å². The predicted molar refractivity (Wildman–Crippen MR) is 171 cm³/mol. The molecule has 0 saturated carbocycles. The average Bonchev–Trinajstić information content (AvgIpc) is 3.62. The number of thioether (sulfide) groups is 1. The van der Waals surface area contributed by atoms with Gasteiger partial charge in [0.15, 0.2) is 4.34 Å². The number of nitrogens with zero attached hydrogens (tertiary/aromatic N) is 3. The SMILES string of the molecule is Cc1ccccc1COc1ccc(/C(O)=C2\C(=O)C(=O)N(c3nnc(SCc4ccc(F)cc4)s3)C2c2cccc(O)c2)cc1. The van der Waals surface area contributed by atoms with Crippen LogP contribution in [-0.4, -0.2) is 32.1 Å². The van der Waals surface area contributed by atoms with Gasteiger partial charge < -0.3 is 14.9 Å². The van der Waals surface area contributed by atoms with Crippen molar-refractivity contribution in [3.8, 4) is 11.5 Å². The van der Waals surface area contributed by atoms with Gasteiger partial charge in [0.2, 0.25) is 5.13 Å². The monoisotopic (exact) mass is 639 g/mol. The number of halogens is 1. The minimum absolute atomic E-state index is 0.0685. The second kappa shape index (κ2) is 12.9. The Morgan fingerprint density at radius 2 is 1.73 bits per heavy atom. The zero-order valence-corrected chi connectivity index (χ0v) is 25.5. The Balaban J connectivity index is 1.30. The van der Waals surface area contributed by atoms with Gasteiger partial charge in [0.1, 0.15) is 29.7 Å². The molecule has 1 unspecified atom stereocenters.